The van der Waals surface area contributed by atoms with Crippen molar-refractivity contribution in [2.45, 2.75) is 164 Å². The van der Waals surface area contributed by atoms with Crippen molar-refractivity contribution >= 4 is 59.3 Å². The summed E-state index contributed by atoms with van der Waals surface area (Å²) in [7, 11) is 0. The highest BCUT2D eigenvalue weighted by molar-refractivity contribution is 8.24. The molecule has 0 N–H and O–H groups in total. The molecule has 0 unspecified atom stereocenters. The number of carbonyl (C=O) groups is 6. The van der Waals surface area contributed by atoms with E-state index in [1.54, 1.807) is 0 Å². The van der Waals surface area contributed by atoms with Gasteiger partial charge in [0.25, 0.3) is 5.70 Å². The van der Waals surface area contributed by atoms with Crippen LogP contribution in [0.15, 0.2) is 51.1 Å². The summed E-state index contributed by atoms with van der Waals surface area (Å²) in [6, 6.07) is 3.81. The normalized spacial score (nSPS) is 25.7. The Balaban J connectivity index is 1.01. The second-order valence-corrected chi connectivity index (χ2v) is 23.3. The molecule has 1 heterocycles. The highest BCUT2D eigenvalue weighted by Crippen LogP contribution is 2.61. The lowest BCUT2D eigenvalue weighted by Gasteiger charge is -2.37. The molecule has 0 radical (unpaired) electrons. The van der Waals surface area contributed by atoms with Crippen molar-refractivity contribution in [2.75, 3.05) is 26.4 Å². The minimum absolute atomic E-state index is 0.0806. The first-order valence-corrected chi connectivity index (χ1v) is 27.7. The molecule has 6 rings (SSSR count). The van der Waals surface area contributed by atoms with Gasteiger partial charge in [-0.25, -0.2) is 19.7 Å². The summed E-state index contributed by atoms with van der Waals surface area (Å²) in [5.41, 5.74) is 0.0762. The molecule has 5 aliphatic rings. The van der Waals surface area contributed by atoms with Gasteiger partial charge in [-0.3, -0.25) is 19.2 Å². The Morgan fingerprint density at radius 1 is 0.597 bits per heavy atom. The Bertz CT molecular complexity index is 2240. The van der Waals surface area contributed by atoms with Crippen molar-refractivity contribution in [3.05, 3.63) is 58.3 Å². The van der Waals surface area contributed by atoms with E-state index in [1.165, 1.54) is 23.5 Å². The molecule has 390 valence electrons. The molecule has 0 saturated heterocycles. The number of nitriles is 1. The quantitative estimate of drug-likeness (QED) is 0.0228. The predicted molar refractivity (Wildman–Crippen MR) is 272 cm³/mol. The van der Waals surface area contributed by atoms with Gasteiger partial charge < -0.3 is 28.4 Å². The lowest BCUT2D eigenvalue weighted by molar-refractivity contribution is -0.151. The summed E-state index contributed by atoms with van der Waals surface area (Å²) in [5, 5.41) is 9.89. The zero-order valence-electron chi connectivity index (χ0n) is 42.3. The average Bonchev–Trinajstić information content (AvgIpc) is 3.84. The minimum Gasteiger partial charge on any atom is -0.465 e. The minimum atomic E-state index is -0.538. The molecule has 0 atom stereocenters. The zero-order valence-corrected chi connectivity index (χ0v) is 44.0. The van der Waals surface area contributed by atoms with Gasteiger partial charge in [0.15, 0.2) is 0 Å². The van der Waals surface area contributed by atoms with Crippen LogP contribution in [0, 0.1) is 65.2 Å². The first-order valence-electron chi connectivity index (χ1n) is 26.1. The predicted octanol–water partition coefficient (Wildman–Crippen LogP) is 11.9. The van der Waals surface area contributed by atoms with Crippen molar-refractivity contribution in [3.8, 4) is 17.6 Å². The standard InChI is InChI=1S/C56H72N2O12S2/c1-7-46(59)65-29-9-11-31-67-51(61)39-21-13-35(14-22-39)37-17-25-41(26-18-37)53(63)69-45-33-43(56(3,4)5)48(50-49(45)71-55(72-50)44(34-57)58-6)70-54(64)42-27-19-38(20-28-42)36-15-23-40(24-16-36)52(62)68-32-12-10-30-66-47(60)8-2/h7-8,33,35-42H,1-2,9-32H2,3-5H3/b55-44+. The lowest BCUT2D eigenvalue weighted by atomic mass is 9.69. The second kappa shape index (κ2) is 27.3. The second-order valence-electron chi connectivity index (χ2n) is 21.0. The number of carbonyl (C=O) groups excluding carboxylic acids is 6. The smallest absolute Gasteiger partial charge is 0.330 e. The Labute approximate surface area is 433 Å². The van der Waals surface area contributed by atoms with Gasteiger partial charge in [0, 0.05) is 17.7 Å². The van der Waals surface area contributed by atoms with E-state index in [1.807, 2.05) is 32.9 Å². The Kier molecular flexibility index (Phi) is 21.3. The third-order valence-electron chi connectivity index (χ3n) is 15.3. The number of allylic oxidation sites excluding steroid dienone is 1. The number of ether oxygens (including phenoxy) is 6. The third kappa shape index (κ3) is 15.5. The van der Waals surface area contributed by atoms with Crippen LogP contribution in [0.25, 0.3) is 4.85 Å². The third-order valence-corrected chi connectivity index (χ3v) is 17.9. The fourth-order valence-electron chi connectivity index (χ4n) is 11.1. The number of rotatable bonds is 20. The molecule has 4 aliphatic carbocycles. The molecule has 0 amide bonds. The molecule has 1 aliphatic heterocycles. The maximum Gasteiger partial charge on any atom is 0.330 e. The van der Waals surface area contributed by atoms with Crippen molar-refractivity contribution in [1.29, 1.82) is 5.26 Å². The fourth-order valence-corrected chi connectivity index (χ4v) is 13.6. The number of thioether (sulfide) groups is 2. The first-order chi connectivity index (χ1) is 34.6. The summed E-state index contributed by atoms with van der Waals surface area (Å²) in [6.07, 6.45) is 18.0. The van der Waals surface area contributed by atoms with Crippen LogP contribution < -0.4 is 9.47 Å². The summed E-state index contributed by atoms with van der Waals surface area (Å²) in [6.45, 7) is 21.6. The number of hydrogen-bond donors (Lipinski definition) is 0. The fraction of sp³-hybridized carbons (Fsp3) is 0.643. The molecule has 4 fully saturated rings. The van der Waals surface area contributed by atoms with E-state index >= 15 is 0 Å². The molecule has 4 saturated carbocycles. The molecular formula is C56H72N2O12S2. The maximum absolute atomic E-state index is 14.2. The number of fused-ring (bicyclic) bond motifs is 1. The SMILES string of the molecule is [C-]#[N+]/C(C#N)=C1\Sc2c(OC(=O)C3CCC(C4CCC(C(=O)OCCCCOC(=O)C=C)CC4)CC3)cc(C(C)(C)C)c(OC(=O)C3CCC(C4CCC(C(=O)OCCCCOC(=O)C=C)CC4)CC3)c2S1. The van der Waals surface area contributed by atoms with Crippen molar-refractivity contribution in [3.63, 3.8) is 0 Å². The van der Waals surface area contributed by atoms with Crippen molar-refractivity contribution in [2.24, 2.45) is 47.3 Å². The Morgan fingerprint density at radius 2 is 0.958 bits per heavy atom. The molecule has 14 nitrogen and oxygen atoms in total. The molecule has 16 heteroatoms. The van der Waals surface area contributed by atoms with Crippen LogP contribution in [0.4, 0.5) is 0 Å². The number of unbranched alkanes of at least 4 members (excludes halogenated alkanes) is 2. The van der Waals surface area contributed by atoms with Crippen LogP contribution in [0.2, 0.25) is 0 Å². The van der Waals surface area contributed by atoms with Gasteiger partial charge in [-0.05, 0) is 164 Å². The summed E-state index contributed by atoms with van der Waals surface area (Å²) in [5.74, 6) is -0.0562. The van der Waals surface area contributed by atoms with Gasteiger partial charge in [0.2, 0.25) is 0 Å². The summed E-state index contributed by atoms with van der Waals surface area (Å²) in [4.78, 5) is 80.8. The van der Waals surface area contributed by atoms with Gasteiger partial charge in [-0.15, -0.1) is 0 Å². The van der Waals surface area contributed by atoms with Crippen LogP contribution in [0.3, 0.4) is 0 Å². The maximum atomic E-state index is 14.2. The lowest BCUT2D eigenvalue weighted by Crippen LogP contribution is -2.32. The van der Waals surface area contributed by atoms with Crippen molar-refractivity contribution < 1.29 is 57.2 Å². The molecule has 1 aromatic rings. The largest absolute Gasteiger partial charge is 0.465 e. The van der Waals surface area contributed by atoms with E-state index in [-0.39, 0.29) is 66.5 Å². The van der Waals surface area contributed by atoms with Crippen LogP contribution in [-0.4, -0.2) is 62.2 Å². The Hall–Kier alpha value is -5.06. The molecule has 1 aromatic carbocycles. The first kappa shape index (κ1) is 56.2. The van der Waals surface area contributed by atoms with E-state index in [4.69, 9.17) is 35.0 Å². The van der Waals surface area contributed by atoms with Crippen molar-refractivity contribution in [1.82, 2.24) is 0 Å². The topological polar surface area (TPSA) is 186 Å². The van der Waals surface area contributed by atoms with E-state index in [9.17, 15) is 34.0 Å². The highest BCUT2D eigenvalue weighted by Gasteiger charge is 2.40. The molecule has 0 bridgehead atoms. The van der Waals surface area contributed by atoms with Gasteiger partial charge in [-0.1, -0.05) is 57.5 Å². The van der Waals surface area contributed by atoms with E-state index in [2.05, 4.69) is 18.0 Å². The van der Waals surface area contributed by atoms with E-state index in [0.717, 1.165) is 89.2 Å². The van der Waals surface area contributed by atoms with E-state index < -0.39 is 17.4 Å². The van der Waals surface area contributed by atoms with Gasteiger partial charge in [0.1, 0.15) is 11.5 Å². The number of benzene rings is 1. The molecule has 0 aromatic heterocycles. The number of nitrogens with zero attached hydrogens (tertiary/aromatic N) is 2. The zero-order chi connectivity index (χ0) is 51.8. The summed E-state index contributed by atoms with van der Waals surface area (Å²) < 4.78 is 34.2. The van der Waals surface area contributed by atoms with Crippen LogP contribution in [0.5, 0.6) is 11.5 Å². The van der Waals surface area contributed by atoms with Gasteiger partial charge >= 0.3 is 35.8 Å². The monoisotopic (exact) mass is 1030 g/mol. The van der Waals surface area contributed by atoms with Crippen LogP contribution in [-0.2, 0) is 53.1 Å². The highest BCUT2D eigenvalue weighted by atomic mass is 32.2. The Morgan fingerprint density at radius 3 is 1.32 bits per heavy atom. The number of hydrogen-bond acceptors (Lipinski definition) is 15. The molecular weight excluding hydrogens is 957 g/mol. The van der Waals surface area contributed by atoms with Crippen LogP contribution >= 0.6 is 23.5 Å². The number of esters is 6. The van der Waals surface area contributed by atoms with Gasteiger partial charge in [-0.2, -0.15) is 0 Å². The van der Waals surface area contributed by atoms with Gasteiger partial charge in [0.05, 0.1) is 76.8 Å². The van der Waals surface area contributed by atoms with Crippen LogP contribution in [0.1, 0.15) is 155 Å². The molecule has 0 spiro atoms. The van der Waals surface area contributed by atoms with E-state index in [0.29, 0.717) is 119 Å². The summed E-state index contributed by atoms with van der Waals surface area (Å²) >= 11 is 2.41. The average molecular weight is 1030 g/mol. The molecule has 72 heavy (non-hydrogen) atoms.